The number of aromatic nitrogens is 4. The number of allylic oxidation sites excluding steroid dienone is 4. The van der Waals surface area contributed by atoms with E-state index < -0.39 is 10.0 Å². The molecule has 3 aliphatic rings. The lowest BCUT2D eigenvalue weighted by molar-refractivity contribution is -0.114. The van der Waals surface area contributed by atoms with Gasteiger partial charge in [0.1, 0.15) is 15.8 Å². The standard InChI is InChI=1S/C21H17N5O2S3.C21H23N3O3S2/c1-2-17-25-26-18(27)10-14(23-20(26)31-17)11-29-21-24-15-8-7-13(9-16(15)30-21)22-19(28)12-5-3-4-6-12;1-15-3-4-16(2)19(13-15)23-9-11-24(12-10-23)29(26,27)21-8-7-20(28-21)18-6-5-17(25)14-22-18/h3-5,7-10H,2,6,11H2,1H3,(H,22,28);3-8,13H,9-12,14H2,1-2H3. The van der Waals surface area contributed by atoms with Gasteiger partial charge in [-0.2, -0.15) is 13.9 Å². The molecule has 0 unspecified atom stereocenters. The number of thiazole rings is 1. The van der Waals surface area contributed by atoms with Gasteiger partial charge in [0.15, 0.2) is 10.1 Å². The molecule has 4 aromatic heterocycles. The third-order valence-electron chi connectivity index (χ3n) is 9.88. The highest BCUT2D eigenvalue weighted by molar-refractivity contribution is 8.00. The number of benzene rings is 2. The number of fused-ring (bicyclic) bond motifs is 2. The predicted molar refractivity (Wildman–Crippen MR) is 243 cm³/mol. The minimum absolute atomic E-state index is 0.0418. The number of hydrogen-bond donors (Lipinski definition) is 1. The van der Waals surface area contributed by atoms with Crippen LogP contribution in [0.5, 0.6) is 0 Å². The maximum atomic E-state index is 13.1. The second kappa shape index (κ2) is 17.9. The fourth-order valence-corrected chi connectivity index (χ4v) is 12.4. The normalized spacial score (nSPS) is 15.7. The van der Waals surface area contributed by atoms with Crippen LogP contribution in [0.15, 0.2) is 109 Å². The maximum Gasteiger partial charge on any atom is 0.275 e. The van der Waals surface area contributed by atoms with Crippen molar-refractivity contribution in [2.45, 2.75) is 47.9 Å². The Bertz CT molecular complexity index is 2930. The first-order chi connectivity index (χ1) is 28.9. The molecule has 308 valence electrons. The topological polar surface area (TPSA) is 159 Å². The Hall–Kier alpha value is -5.11. The highest BCUT2D eigenvalue weighted by Crippen LogP contribution is 2.33. The van der Waals surface area contributed by atoms with E-state index in [1.807, 2.05) is 43.4 Å². The van der Waals surface area contributed by atoms with E-state index in [-0.39, 0.29) is 23.8 Å². The van der Waals surface area contributed by atoms with Crippen molar-refractivity contribution in [3.8, 4) is 0 Å². The summed E-state index contributed by atoms with van der Waals surface area (Å²) in [6.07, 6.45) is 10.3. The average molecular weight is 897 g/mol. The number of rotatable bonds is 10. The van der Waals surface area contributed by atoms with Gasteiger partial charge < -0.3 is 10.2 Å². The van der Waals surface area contributed by atoms with Crippen molar-refractivity contribution >= 4 is 99.7 Å². The number of thiophene rings is 1. The molecule has 1 amide bonds. The largest absolute Gasteiger partial charge is 0.369 e. The molecule has 6 aromatic rings. The number of aryl methyl sites for hydroxylation is 3. The van der Waals surface area contributed by atoms with Gasteiger partial charge in [-0.05, 0) is 86.4 Å². The molecule has 9 rings (SSSR count). The van der Waals surface area contributed by atoms with Crippen molar-refractivity contribution in [1.29, 1.82) is 0 Å². The third-order valence-corrected chi connectivity index (χ3v) is 16.6. The lowest BCUT2D eigenvalue weighted by atomic mass is 10.1. The van der Waals surface area contributed by atoms with Gasteiger partial charge in [-0.3, -0.25) is 19.4 Å². The molecule has 0 atom stereocenters. The number of thioether (sulfide) groups is 1. The Balaban J connectivity index is 0.000000167. The Morgan fingerprint density at radius 2 is 1.77 bits per heavy atom. The number of aliphatic imine (C=N–C) groups is 1. The van der Waals surface area contributed by atoms with E-state index in [4.69, 9.17) is 0 Å². The summed E-state index contributed by atoms with van der Waals surface area (Å²) in [5, 5.41) is 8.12. The molecule has 60 heavy (non-hydrogen) atoms. The van der Waals surface area contributed by atoms with Gasteiger partial charge in [-0.25, -0.2) is 18.4 Å². The summed E-state index contributed by atoms with van der Waals surface area (Å²) in [6.45, 7) is 8.52. The fourth-order valence-electron chi connectivity index (χ4n) is 6.67. The van der Waals surface area contributed by atoms with E-state index in [2.05, 4.69) is 62.3 Å². The first-order valence-electron chi connectivity index (χ1n) is 19.2. The molecule has 2 aromatic carbocycles. The summed E-state index contributed by atoms with van der Waals surface area (Å²) < 4.78 is 31.3. The Morgan fingerprint density at radius 3 is 2.52 bits per heavy atom. The summed E-state index contributed by atoms with van der Waals surface area (Å²) in [5.41, 5.74) is 7.19. The number of ketones is 1. The number of carbonyl (C=O) groups is 2. The van der Waals surface area contributed by atoms with E-state index in [1.54, 1.807) is 45.6 Å². The zero-order valence-electron chi connectivity index (χ0n) is 33.0. The van der Waals surface area contributed by atoms with Crippen LogP contribution in [-0.2, 0) is 31.8 Å². The summed E-state index contributed by atoms with van der Waals surface area (Å²) in [4.78, 5) is 53.0. The summed E-state index contributed by atoms with van der Waals surface area (Å²) in [7, 11) is -3.54. The van der Waals surface area contributed by atoms with E-state index in [0.29, 0.717) is 58.9 Å². The minimum Gasteiger partial charge on any atom is -0.369 e. The van der Waals surface area contributed by atoms with Crippen molar-refractivity contribution in [2.75, 3.05) is 42.9 Å². The fraction of sp³-hybridized carbons (Fsp3) is 0.262. The quantitative estimate of drug-likeness (QED) is 0.139. The lowest BCUT2D eigenvalue weighted by Crippen LogP contribution is -2.48. The molecule has 2 aliphatic heterocycles. The molecular weight excluding hydrogens is 857 g/mol. The van der Waals surface area contributed by atoms with Crippen LogP contribution >= 0.6 is 45.8 Å². The number of anilines is 2. The molecule has 0 spiro atoms. The lowest BCUT2D eigenvalue weighted by Gasteiger charge is -2.36. The smallest absolute Gasteiger partial charge is 0.275 e. The van der Waals surface area contributed by atoms with Crippen molar-refractivity contribution in [1.82, 2.24) is 23.9 Å². The number of nitrogens with zero attached hydrogens (tertiary/aromatic N) is 7. The van der Waals surface area contributed by atoms with Gasteiger partial charge in [0.25, 0.3) is 21.5 Å². The Morgan fingerprint density at radius 1 is 0.933 bits per heavy atom. The molecule has 1 saturated heterocycles. The minimum atomic E-state index is -3.54. The molecule has 6 heterocycles. The highest BCUT2D eigenvalue weighted by Gasteiger charge is 2.30. The number of piperazine rings is 1. The Labute approximate surface area is 363 Å². The van der Waals surface area contributed by atoms with Crippen LogP contribution in [-0.4, -0.2) is 82.4 Å². The third kappa shape index (κ3) is 9.28. The van der Waals surface area contributed by atoms with Crippen LogP contribution < -0.4 is 15.8 Å². The van der Waals surface area contributed by atoms with Crippen molar-refractivity contribution < 1.29 is 18.0 Å². The van der Waals surface area contributed by atoms with E-state index in [1.165, 1.54) is 56.1 Å². The van der Waals surface area contributed by atoms with Crippen molar-refractivity contribution in [2.24, 2.45) is 4.99 Å². The monoisotopic (exact) mass is 896 g/mol. The number of nitrogens with one attached hydrogen (secondary N) is 1. The second-order valence-corrected chi connectivity index (χ2v) is 20.7. The molecular formula is C42H40N8O5S5. The first-order valence-corrected chi connectivity index (χ1v) is 24.1. The number of hydrogen-bond acceptors (Lipinski definition) is 14. The zero-order chi connectivity index (χ0) is 42.0. The number of carbonyl (C=O) groups excluding carboxylic acids is 2. The van der Waals surface area contributed by atoms with Crippen molar-refractivity contribution in [3.63, 3.8) is 0 Å². The van der Waals surface area contributed by atoms with Crippen LogP contribution in [0.25, 0.3) is 15.2 Å². The van der Waals surface area contributed by atoms with Gasteiger partial charge in [0.05, 0.1) is 26.5 Å². The van der Waals surface area contributed by atoms with E-state index in [9.17, 15) is 22.8 Å². The molecule has 1 N–H and O–H groups in total. The summed E-state index contributed by atoms with van der Waals surface area (Å²) >= 11 is 5.75. The van der Waals surface area contributed by atoms with Gasteiger partial charge in [0.2, 0.25) is 4.96 Å². The molecule has 0 saturated carbocycles. The number of dihydropyridines is 1. The molecule has 0 radical (unpaired) electrons. The number of sulfonamides is 1. The van der Waals surface area contributed by atoms with Crippen LogP contribution in [0, 0.1) is 13.8 Å². The molecule has 0 bridgehead atoms. The van der Waals surface area contributed by atoms with Crippen LogP contribution in [0.1, 0.15) is 40.1 Å². The van der Waals surface area contributed by atoms with Crippen LogP contribution in [0.3, 0.4) is 0 Å². The average Bonchev–Trinajstić information content (AvgIpc) is 4.09. The maximum absolute atomic E-state index is 13.1. The van der Waals surface area contributed by atoms with Crippen molar-refractivity contribution in [3.05, 3.63) is 128 Å². The van der Waals surface area contributed by atoms with Crippen LogP contribution in [0.2, 0.25) is 0 Å². The molecule has 1 fully saturated rings. The highest BCUT2D eigenvalue weighted by atomic mass is 32.2. The van der Waals surface area contributed by atoms with Gasteiger partial charge in [-0.1, -0.05) is 60.4 Å². The van der Waals surface area contributed by atoms with Gasteiger partial charge >= 0.3 is 0 Å². The van der Waals surface area contributed by atoms with E-state index in [0.717, 1.165) is 42.1 Å². The predicted octanol–water partition coefficient (Wildman–Crippen LogP) is 7.24. The van der Waals surface area contributed by atoms with E-state index >= 15 is 0 Å². The van der Waals surface area contributed by atoms with Crippen LogP contribution in [0.4, 0.5) is 11.4 Å². The summed E-state index contributed by atoms with van der Waals surface area (Å²) in [5.74, 6) is 0.431. The molecule has 13 nitrogen and oxygen atoms in total. The summed E-state index contributed by atoms with van der Waals surface area (Å²) in [6, 6.07) is 17.0. The first kappa shape index (κ1) is 41.6. The Kier molecular flexibility index (Phi) is 12.4. The number of amides is 1. The zero-order valence-corrected chi connectivity index (χ0v) is 37.0. The second-order valence-electron chi connectivity index (χ2n) is 14.2. The van der Waals surface area contributed by atoms with Gasteiger partial charge in [0, 0.05) is 54.9 Å². The molecule has 18 heteroatoms. The SMILES string of the molecule is CCc1nn2c(=O)cc(CSc3nc4ccc(NC(=O)C5=CC=CC5)cc4s3)nc2s1.Cc1ccc(C)c(N2CCN(S(=O)(=O)c3ccc(C4=NCC(=O)C=C4)s3)CC2)c1. The van der Waals surface area contributed by atoms with Gasteiger partial charge in [-0.15, -0.1) is 22.7 Å². The molecule has 1 aliphatic carbocycles.